The predicted molar refractivity (Wildman–Crippen MR) is 146 cm³/mol. The van der Waals surface area contributed by atoms with Gasteiger partial charge >= 0.3 is 0 Å². The van der Waals surface area contributed by atoms with Gasteiger partial charge in [0.05, 0.1) is 22.5 Å². The van der Waals surface area contributed by atoms with E-state index < -0.39 is 32.0 Å². The van der Waals surface area contributed by atoms with Crippen LogP contribution in [0.15, 0.2) is 65.6 Å². The van der Waals surface area contributed by atoms with Crippen molar-refractivity contribution in [2.45, 2.75) is 24.8 Å². The second-order valence-electron chi connectivity index (χ2n) is 8.64. The van der Waals surface area contributed by atoms with Crippen LogP contribution in [-0.2, 0) is 24.8 Å². The Bertz CT molecular complexity index is 1580. The van der Waals surface area contributed by atoms with Gasteiger partial charge in [0.15, 0.2) is 11.5 Å². The van der Waals surface area contributed by atoms with Gasteiger partial charge < -0.3 is 14.8 Å². The van der Waals surface area contributed by atoms with Crippen molar-refractivity contribution in [1.82, 2.24) is 0 Å². The zero-order valence-electron chi connectivity index (χ0n) is 20.8. The Morgan fingerprint density at radius 1 is 0.947 bits per heavy atom. The minimum Gasteiger partial charge on any atom is -0.486 e. The lowest BCUT2D eigenvalue weighted by atomic mass is 10.2. The van der Waals surface area contributed by atoms with Gasteiger partial charge in [-0.15, -0.1) is 0 Å². The molecule has 10 nitrogen and oxygen atoms in total. The number of anilines is 3. The topological polar surface area (TPSA) is 131 Å². The zero-order valence-corrected chi connectivity index (χ0v) is 23.2. The molecule has 202 valence electrons. The number of ether oxygens (including phenoxy) is 2. The molecule has 1 amide bonds. The molecule has 0 saturated heterocycles. The van der Waals surface area contributed by atoms with Crippen molar-refractivity contribution in [2.24, 2.45) is 0 Å². The fourth-order valence-electron chi connectivity index (χ4n) is 3.85. The number of amides is 1. The Labute approximate surface area is 226 Å². The predicted octanol–water partition coefficient (Wildman–Crippen LogP) is 4.01. The number of halogens is 1. The van der Waals surface area contributed by atoms with E-state index in [4.69, 9.17) is 21.1 Å². The highest BCUT2D eigenvalue weighted by Gasteiger charge is 2.30. The first kappa shape index (κ1) is 27.6. The number of aryl methyl sites for hydroxylation is 1. The number of carbonyl (C=O) groups excluding carboxylic acids is 1. The Morgan fingerprint density at radius 3 is 2.26 bits per heavy atom. The largest absolute Gasteiger partial charge is 0.486 e. The maximum atomic E-state index is 13.0. The number of nitrogens with zero attached hydrogens (tertiary/aromatic N) is 1. The van der Waals surface area contributed by atoms with E-state index in [2.05, 4.69) is 10.0 Å². The highest BCUT2D eigenvalue weighted by molar-refractivity contribution is 7.92. The second-order valence-corrected chi connectivity index (χ2v) is 12.6. The molecule has 1 atom stereocenters. The molecule has 3 aromatic carbocycles. The molecular weight excluding hydrogens is 554 g/mol. The third-order valence-electron chi connectivity index (χ3n) is 5.74. The lowest BCUT2D eigenvalue weighted by Crippen LogP contribution is -2.45. The number of rotatable bonds is 8. The highest BCUT2D eigenvalue weighted by atomic mass is 35.5. The third-order valence-corrected chi connectivity index (χ3v) is 8.60. The number of benzene rings is 3. The van der Waals surface area contributed by atoms with E-state index in [1.807, 2.05) is 0 Å². The SMILES string of the molecule is Cc1ccc(Cl)cc1NS(=O)(=O)c1ccc(NC(=O)[C@H](C)N(c2ccc3c(c2)OCCO3)S(C)(=O)=O)cc1. The van der Waals surface area contributed by atoms with Gasteiger partial charge in [-0.2, -0.15) is 0 Å². The molecule has 3 aromatic rings. The lowest BCUT2D eigenvalue weighted by molar-refractivity contribution is -0.116. The maximum absolute atomic E-state index is 13.0. The smallest absolute Gasteiger partial charge is 0.261 e. The van der Waals surface area contributed by atoms with Crippen molar-refractivity contribution in [3.8, 4) is 11.5 Å². The fourth-order valence-corrected chi connectivity index (χ4v) is 6.31. The summed E-state index contributed by atoms with van der Waals surface area (Å²) in [5.74, 6) is 0.252. The van der Waals surface area contributed by atoms with Crippen molar-refractivity contribution in [3.63, 3.8) is 0 Å². The Kier molecular flexibility index (Phi) is 7.77. The molecule has 0 bridgehead atoms. The van der Waals surface area contributed by atoms with Crippen molar-refractivity contribution in [1.29, 1.82) is 0 Å². The van der Waals surface area contributed by atoms with Crippen LogP contribution in [0.25, 0.3) is 0 Å². The number of sulfonamides is 2. The normalized spacial score (nSPS) is 13.9. The van der Waals surface area contributed by atoms with Crippen molar-refractivity contribution in [3.05, 3.63) is 71.2 Å². The Balaban J connectivity index is 1.51. The second kappa shape index (κ2) is 10.7. The number of hydrogen-bond donors (Lipinski definition) is 2. The minimum atomic E-state index is -3.92. The van der Waals surface area contributed by atoms with Crippen LogP contribution in [0.5, 0.6) is 11.5 Å². The van der Waals surface area contributed by atoms with Crippen molar-refractivity contribution in [2.75, 3.05) is 33.8 Å². The van der Waals surface area contributed by atoms with Gasteiger partial charge in [-0.1, -0.05) is 17.7 Å². The summed E-state index contributed by atoms with van der Waals surface area (Å²) in [7, 11) is -7.79. The van der Waals surface area contributed by atoms with E-state index in [-0.39, 0.29) is 16.3 Å². The zero-order chi connectivity index (χ0) is 27.7. The molecule has 0 spiro atoms. The van der Waals surface area contributed by atoms with Gasteiger partial charge in [0.1, 0.15) is 19.3 Å². The molecule has 0 saturated carbocycles. The van der Waals surface area contributed by atoms with Gasteiger partial charge in [0.2, 0.25) is 15.9 Å². The molecule has 13 heteroatoms. The van der Waals surface area contributed by atoms with E-state index in [0.717, 1.165) is 10.6 Å². The van der Waals surface area contributed by atoms with Gasteiger partial charge in [-0.25, -0.2) is 16.8 Å². The summed E-state index contributed by atoms with van der Waals surface area (Å²) in [5, 5.41) is 3.03. The van der Waals surface area contributed by atoms with E-state index in [9.17, 15) is 21.6 Å². The molecule has 0 aromatic heterocycles. The van der Waals surface area contributed by atoms with Gasteiger partial charge in [-0.05, 0) is 67.9 Å². The summed E-state index contributed by atoms with van der Waals surface area (Å²) in [6.07, 6.45) is 1.00. The highest BCUT2D eigenvalue weighted by Crippen LogP contribution is 2.35. The summed E-state index contributed by atoms with van der Waals surface area (Å²) in [6.45, 7) is 3.91. The minimum absolute atomic E-state index is 0.0306. The van der Waals surface area contributed by atoms with Gasteiger partial charge in [0.25, 0.3) is 10.0 Å². The number of carbonyl (C=O) groups is 1. The first-order valence-electron chi connectivity index (χ1n) is 11.4. The first-order valence-corrected chi connectivity index (χ1v) is 15.1. The van der Waals surface area contributed by atoms with Crippen LogP contribution in [0.1, 0.15) is 12.5 Å². The van der Waals surface area contributed by atoms with Crippen LogP contribution >= 0.6 is 11.6 Å². The summed E-state index contributed by atoms with van der Waals surface area (Å²) in [4.78, 5) is 13.0. The van der Waals surface area contributed by atoms with Crippen LogP contribution in [0.2, 0.25) is 5.02 Å². The van der Waals surface area contributed by atoms with Gasteiger partial charge in [-0.3, -0.25) is 13.8 Å². The monoisotopic (exact) mass is 579 g/mol. The Morgan fingerprint density at radius 2 is 1.61 bits per heavy atom. The molecule has 1 heterocycles. The molecule has 0 aliphatic carbocycles. The Hall–Kier alpha value is -3.48. The summed E-state index contributed by atoms with van der Waals surface area (Å²) in [6, 6.07) is 13.9. The molecular formula is C25H26ClN3O7S2. The molecule has 1 aliphatic heterocycles. The standard InChI is InChI=1S/C25H26ClN3O7S2/c1-16-4-5-18(26)14-22(16)28-38(33,34)21-9-6-19(7-10-21)27-25(30)17(2)29(37(3,31)32)20-8-11-23-24(15-20)36-13-12-35-23/h4-11,14-15,17,28H,12-13H2,1-3H3,(H,27,30)/t17-/m0/s1. The molecule has 1 aliphatic rings. The quantitative estimate of drug-likeness (QED) is 0.412. The molecule has 2 N–H and O–H groups in total. The van der Waals surface area contributed by atoms with Gasteiger partial charge in [0, 0.05) is 16.8 Å². The average Bonchev–Trinajstić information content (AvgIpc) is 2.85. The first-order chi connectivity index (χ1) is 17.8. The summed E-state index contributed by atoms with van der Waals surface area (Å²) >= 11 is 5.98. The molecule has 0 fully saturated rings. The van der Waals surface area contributed by atoms with Crippen LogP contribution < -0.4 is 23.8 Å². The third kappa shape index (κ3) is 6.14. The van der Waals surface area contributed by atoms with Crippen LogP contribution in [0.3, 0.4) is 0 Å². The number of fused-ring (bicyclic) bond motifs is 1. The summed E-state index contributed by atoms with van der Waals surface area (Å²) in [5.41, 5.74) is 1.58. The van der Waals surface area contributed by atoms with E-state index in [1.54, 1.807) is 25.1 Å². The lowest BCUT2D eigenvalue weighted by Gasteiger charge is -2.29. The molecule has 0 unspecified atom stereocenters. The van der Waals surface area contributed by atoms with Crippen LogP contribution in [-0.4, -0.2) is 48.3 Å². The van der Waals surface area contributed by atoms with E-state index in [0.29, 0.717) is 41.0 Å². The van der Waals surface area contributed by atoms with Crippen molar-refractivity contribution >= 4 is 54.6 Å². The molecule has 0 radical (unpaired) electrons. The average molecular weight is 580 g/mol. The van der Waals surface area contributed by atoms with Crippen molar-refractivity contribution < 1.29 is 31.1 Å². The van der Waals surface area contributed by atoms with E-state index in [1.165, 1.54) is 49.4 Å². The summed E-state index contributed by atoms with van der Waals surface area (Å²) < 4.78 is 65.5. The molecule has 38 heavy (non-hydrogen) atoms. The van der Waals surface area contributed by atoms with E-state index >= 15 is 0 Å². The number of nitrogens with one attached hydrogen (secondary N) is 2. The maximum Gasteiger partial charge on any atom is 0.261 e. The fraction of sp³-hybridized carbons (Fsp3) is 0.240. The molecule has 4 rings (SSSR count). The number of hydrogen-bond acceptors (Lipinski definition) is 7. The van der Waals surface area contributed by atoms with Crippen LogP contribution in [0, 0.1) is 6.92 Å². The van der Waals surface area contributed by atoms with Crippen LogP contribution in [0.4, 0.5) is 17.1 Å².